The number of para-hydroxylation sites is 1. The quantitative estimate of drug-likeness (QED) is 0.773. The molecule has 1 unspecified atom stereocenters. The van der Waals surface area contributed by atoms with Gasteiger partial charge in [0.15, 0.2) is 0 Å². The first-order valence-electron chi connectivity index (χ1n) is 5.96. The zero-order valence-electron chi connectivity index (χ0n) is 10.3. The van der Waals surface area contributed by atoms with Gasteiger partial charge in [0.1, 0.15) is 11.5 Å². The third-order valence-electron chi connectivity index (χ3n) is 2.95. The van der Waals surface area contributed by atoms with Crippen LogP contribution >= 0.6 is 0 Å². The Balaban J connectivity index is 1.98. The molecule has 0 radical (unpaired) electrons. The SMILES string of the molecule is CC(NCc1ccc(O)cc1)c1ccccc1O. The zero-order valence-corrected chi connectivity index (χ0v) is 10.3. The predicted octanol–water partition coefficient (Wildman–Crippen LogP) is 2.95. The van der Waals surface area contributed by atoms with Crippen LogP contribution in [-0.4, -0.2) is 10.2 Å². The van der Waals surface area contributed by atoms with Gasteiger partial charge in [-0.05, 0) is 30.7 Å². The second kappa shape index (κ2) is 5.56. The lowest BCUT2D eigenvalue weighted by Gasteiger charge is -2.15. The second-order valence-electron chi connectivity index (χ2n) is 4.33. The Bertz CT molecular complexity index is 508. The fraction of sp³-hybridized carbons (Fsp3) is 0.200. The molecule has 1 atom stereocenters. The van der Waals surface area contributed by atoms with E-state index in [2.05, 4.69) is 5.32 Å². The van der Waals surface area contributed by atoms with Crippen molar-refractivity contribution >= 4 is 0 Å². The summed E-state index contributed by atoms with van der Waals surface area (Å²) in [6.07, 6.45) is 0. The Morgan fingerprint density at radius 2 is 1.67 bits per heavy atom. The van der Waals surface area contributed by atoms with E-state index in [0.717, 1.165) is 11.1 Å². The normalized spacial score (nSPS) is 12.3. The van der Waals surface area contributed by atoms with Crippen molar-refractivity contribution in [2.75, 3.05) is 0 Å². The van der Waals surface area contributed by atoms with E-state index in [4.69, 9.17) is 0 Å². The lowest BCUT2D eigenvalue weighted by molar-refractivity contribution is 0.452. The van der Waals surface area contributed by atoms with Crippen LogP contribution in [0.3, 0.4) is 0 Å². The molecule has 0 amide bonds. The Labute approximate surface area is 107 Å². The Morgan fingerprint density at radius 3 is 2.33 bits per heavy atom. The van der Waals surface area contributed by atoms with Gasteiger partial charge in [-0.15, -0.1) is 0 Å². The number of rotatable bonds is 4. The van der Waals surface area contributed by atoms with Crippen LogP contribution in [0.15, 0.2) is 48.5 Å². The minimum atomic E-state index is 0.0694. The molecule has 0 aliphatic carbocycles. The molecule has 0 saturated heterocycles. The Morgan fingerprint density at radius 1 is 1.00 bits per heavy atom. The number of aromatic hydroxyl groups is 2. The van der Waals surface area contributed by atoms with E-state index in [0.29, 0.717) is 12.3 Å². The van der Waals surface area contributed by atoms with E-state index < -0.39 is 0 Å². The van der Waals surface area contributed by atoms with Gasteiger partial charge in [0.05, 0.1) is 0 Å². The van der Waals surface area contributed by atoms with E-state index in [9.17, 15) is 10.2 Å². The van der Waals surface area contributed by atoms with Crippen molar-refractivity contribution in [1.29, 1.82) is 0 Å². The number of hydrogen-bond acceptors (Lipinski definition) is 3. The van der Waals surface area contributed by atoms with Gasteiger partial charge in [-0.3, -0.25) is 0 Å². The number of phenols is 2. The molecule has 94 valence electrons. The standard InChI is InChI=1S/C15H17NO2/c1-11(14-4-2-3-5-15(14)18)16-10-12-6-8-13(17)9-7-12/h2-9,11,16-18H,10H2,1H3. The van der Waals surface area contributed by atoms with Crippen molar-refractivity contribution in [1.82, 2.24) is 5.32 Å². The molecule has 0 aliphatic heterocycles. The molecule has 0 saturated carbocycles. The summed E-state index contributed by atoms with van der Waals surface area (Å²) in [5.41, 5.74) is 1.98. The average molecular weight is 243 g/mol. The molecule has 0 aliphatic rings. The van der Waals surface area contributed by atoms with E-state index in [1.54, 1.807) is 18.2 Å². The van der Waals surface area contributed by atoms with E-state index in [-0.39, 0.29) is 11.8 Å². The molecule has 0 fully saturated rings. The lowest BCUT2D eigenvalue weighted by atomic mass is 10.1. The molecule has 2 aromatic rings. The van der Waals surface area contributed by atoms with Crippen molar-refractivity contribution in [3.63, 3.8) is 0 Å². The summed E-state index contributed by atoms with van der Waals surface area (Å²) in [4.78, 5) is 0. The van der Waals surface area contributed by atoms with Gasteiger partial charge in [0.25, 0.3) is 0 Å². The molecule has 0 spiro atoms. The van der Waals surface area contributed by atoms with Crippen LogP contribution in [0.25, 0.3) is 0 Å². The fourth-order valence-electron chi connectivity index (χ4n) is 1.85. The summed E-state index contributed by atoms with van der Waals surface area (Å²) < 4.78 is 0. The Kier molecular flexibility index (Phi) is 3.85. The number of nitrogens with one attached hydrogen (secondary N) is 1. The van der Waals surface area contributed by atoms with Crippen molar-refractivity contribution in [2.45, 2.75) is 19.5 Å². The highest BCUT2D eigenvalue weighted by molar-refractivity contribution is 5.34. The fourth-order valence-corrected chi connectivity index (χ4v) is 1.85. The number of hydrogen-bond donors (Lipinski definition) is 3. The van der Waals surface area contributed by atoms with Gasteiger partial charge in [-0.1, -0.05) is 30.3 Å². The van der Waals surface area contributed by atoms with Crippen molar-refractivity contribution in [2.24, 2.45) is 0 Å². The molecule has 0 aromatic heterocycles. The third-order valence-corrected chi connectivity index (χ3v) is 2.95. The molecule has 0 heterocycles. The highest BCUT2D eigenvalue weighted by Gasteiger charge is 2.08. The van der Waals surface area contributed by atoms with Gasteiger partial charge >= 0.3 is 0 Å². The van der Waals surface area contributed by atoms with Gasteiger partial charge in [-0.2, -0.15) is 0 Å². The summed E-state index contributed by atoms with van der Waals surface area (Å²) in [5.74, 6) is 0.579. The highest BCUT2D eigenvalue weighted by atomic mass is 16.3. The van der Waals surface area contributed by atoms with Crippen molar-refractivity contribution in [3.05, 3.63) is 59.7 Å². The first-order valence-corrected chi connectivity index (χ1v) is 5.96. The molecular weight excluding hydrogens is 226 g/mol. The molecule has 3 nitrogen and oxygen atoms in total. The summed E-state index contributed by atoms with van der Waals surface area (Å²) in [6.45, 7) is 2.70. The molecule has 3 heteroatoms. The summed E-state index contributed by atoms with van der Waals surface area (Å²) in [7, 11) is 0. The topological polar surface area (TPSA) is 52.5 Å². The van der Waals surface area contributed by atoms with Crippen LogP contribution in [0.4, 0.5) is 0 Å². The van der Waals surface area contributed by atoms with Gasteiger partial charge in [0, 0.05) is 18.2 Å². The second-order valence-corrected chi connectivity index (χ2v) is 4.33. The van der Waals surface area contributed by atoms with E-state index in [1.807, 2.05) is 37.3 Å². The number of benzene rings is 2. The van der Waals surface area contributed by atoms with Crippen LogP contribution in [0.1, 0.15) is 24.1 Å². The molecule has 2 aromatic carbocycles. The van der Waals surface area contributed by atoms with Crippen molar-refractivity contribution < 1.29 is 10.2 Å². The minimum absolute atomic E-state index is 0.0694. The highest BCUT2D eigenvalue weighted by Crippen LogP contribution is 2.23. The monoisotopic (exact) mass is 243 g/mol. The molecule has 0 bridgehead atoms. The van der Waals surface area contributed by atoms with Crippen LogP contribution < -0.4 is 5.32 Å². The van der Waals surface area contributed by atoms with Gasteiger partial charge in [-0.25, -0.2) is 0 Å². The molecule has 18 heavy (non-hydrogen) atoms. The van der Waals surface area contributed by atoms with Gasteiger partial charge in [0.2, 0.25) is 0 Å². The molecular formula is C15H17NO2. The average Bonchev–Trinajstić information content (AvgIpc) is 2.38. The van der Waals surface area contributed by atoms with Gasteiger partial charge < -0.3 is 15.5 Å². The smallest absolute Gasteiger partial charge is 0.120 e. The summed E-state index contributed by atoms with van der Waals surface area (Å²) in [6, 6.07) is 14.5. The third kappa shape index (κ3) is 3.02. The maximum absolute atomic E-state index is 9.74. The van der Waals surface area contributed by atoms with E-state index in [1.165, 1.54) is 0 Å². The summed E-state index contributed by atoms with van der Waals surface area (Å²) >= 11 is 0. The summed E-state index contributed by atoms with van der Waals surface area (Å²) in [5, 5.41) is 22.3. The largest absolute Gasteiger partial charge is 0.508 e. The van der Waals surface area contributed by atoms with E-state index >= 15 is 0 Å². The lowest BCUT2D eigenvalue weighted by Crippen LogP contribution is -2.18. The maximum Gasteiger partial charge on any atom is 0.120 e. The molecule has 2 rings (SSSR count). The van der Waals surface area contributed by atoms with Crippen LogP contribution in [0.2, 0.25) is 0 Å². The first kappa shape index (κ1) is 12.5. The van der Waals surface area contributed by atoms with Crippen molar-refractivity contribution in [3.8, 4) is 11.5 Å². The van der Waals surface area contributed by atoms with Crippen LogP contribution in [0, 0.1) is 0 Å². The minimum Gasteiger partial charge on any atom is -0.508 e. The predicted molar refractivity (Wildman–Crippen MR) is 71.5 cm³/mol. The zero-order chi connectivity index (χ0) is 13.0. The number of phenolic OH excluding ortho intramolecular Hbond substituents is 2. The Hall–Kier alpha value is -2.00. The molecule has 3 N–H and O–H groups in total. The van der Waals surface area contributed by atoms with Crippen LogP contribution in [0.5, 0.6) is 11.5 Å². The first-order chi connectivity index (χ1) is 8.66. The maximum atomic E-state index is 9.74. The van der Waals surface area contributed by atoms with Crippen LogP contribution in [-0.2, 0) is 6.54 Å².